The third-order valence-corrected chi connectivity index (χ3v) is 2.56. The monoisotopic (exact) mass is 241 g/mol. The number of fused-ring (bicyclic) bond motifs is 1. The highest BCUT2D eigenvalue weighted by Crippen LogP contribution is 2.35. The average Bonchev–Trinajstić information content (AvgIpc) is 2.58. The molecule has 0 spiro atoms. The standard InChI is InChI=1S/C9H11N3O5/c10-2-5(13)11-3-4-8(9(15)16)12-6(14)1-7(12)17-4/h3,7-8H,1-2,10H2,(H,11,13)(H,15,16)/b4-3+/t7-,8-/m0/s1. The summed E-state index contributed by atoms with van der Waals surface area (Å²) in [4.78, 5) is 34.3. The van der Waals surface area contributed by atoms with Gasteiger partial charge in [-0.2, -0.15) is 0 Å². The smallest absolute Gasteiger partial charge is 0.334 e. The number of nitrogens with zero attached hydrogens (tertiary/aromatic N) is 1. The molecule has 0 saturated carbocycles. The molecule has 0 aliphatic carbocycles. The Morgan fingerprint density at radius 2 is 2.35 bits per heavy atom. The molecule has 2 aliphatic heterocycles. The zero-order valence-electron chi connectivity index (χ0n) is 8.75. The average molecular weight is 241 g/mol. The van der Waals surface area contributed by atoms with Crippen LogP contribution in [0.15, 0.2) is 12.0 Å². The molecular formula is C9H11N3O5. The SMILES string of the molecule is NCC(=O)N/C=C1/O[C@H]2CC(=O)N2[C@@H]1C(=O)O. The summed E-state index contributed by atoms with van der Waals surface area (Å²) in [6.07, 6.45) is 0.760. The maximum absolute atomic E-state index is 11.2. The molecule has 0 bridgehead atoms. The molecule has 2 heterocycles. The van der Waals surface area contributed by atoms with Crippen molar-refractivity contribution in [2.24, 2.45) is 5.73 Å². The first-order valence-electron chi connectivity index (χ1n) is 4.94. The number of carbonyl (C=O) groups is 3. The molecule has 8 heteroatoms. The Balaban J connectivity index is 2.14. The van der Waals surface area contributed by atoms with Crippen molar-refractivity contribution in [3.05, 3.63) is 12.0 Å². The van der Waals surface area contributed by atoms with Crippen LogP contribution in [-0.4, -0.2) is 46.6 Å². The van der Waals surface area contributed by atoms with Gasteiger partial charge in [-0.15, -0.1) is 0 Å². The Kier molecular flexibility index (Phi) is 2.72. The third-order valence-electron chi connectivity index (χ3n) is 2.56. The van der Waals surface area contributed by atoms with E-state index in [1.807, 2.05) is 0 Å². The summed E-state index contributed by atoms with van der Waals surface area (Å²) in [5.74, 6) is -1.91. The van der Waals surface area contributed by atoms with E-state index in [1.165, 1.54) is 0 Å². The molecule has 2 fully saturated rings. The second-order valence-corrected chi connectivity index (χ2v) is 3.64. The Morgan fingerprint density at radius 3 is 2.88 bits per heavy atom. The summed E-state index contributed by atoms with van der Waals surface area (Å²) in [5.41, 5.74) is 5.08. The topological polar surface area (TPSA) is 122 Å². The second kappa shape index (κ2) is 4.06. The van der Waals surface area contributed by atoms with Crippen molar-refractivity contribution in [1.82, 2.24) is 10.2 Å². The van der Waals surface area contributed by atoms with Crippen LogP contribution in [0.1, 0.15) is 6.42 Å². The summed E-state index contributed by atoms with van der Waals surface area (Å²) in [6.45, 7) is -0.215. The minimum absolute atomic E-state index is 0.0372. The van der Waals surface area contributed by atoms with Gasteiger partial charge in [-0.25, -0.2) is 4.79 Å². The molecule has 0 unspecified atom stereocenters. The predicted octanol–water partition coefficient (Wildman–Crippen LogP) is -2.06. The highest BCUT2D eigenvalue weighted by Gasteiger charge is 2.53. The van der Waals surface area contributed by atoms with Crippen molar-refractivity contribution < 1.29 is 24.2 Å². The molecule has 0 aromatic rings. The van der Waals surface area contributed by atoms with Gasteiger partial charge in [-0.1, -0.05) is 0 Å². The van der Waals surface area contributed by atoms with E-state index < -0.39 is 24.1 Å². The molecule has 4 N–H and O–H groups in total. The number of rotatable bonds is 3. The molecule has 2 aliphatic rings. The number of β-lactam (4-membered cyclic amide) rings is 1. The van der Waals surface area contributed by atoms with Crippen molar-refractivity contribution in [3.63, 3.8) is 0 Å². The van der Waals surface area contributed by atoms with Crippen molar-refractivity contribution in [3.8, 4) is 0 Å². The zero-order chi connectivity index (χ0) is 12.6. The van der Waals surface area contributed by atoms with Crippen molar-refractivity contribution in [2.45, 2.75) is 18.7 Å². The fourth-order valence-corrected chi connectivity index (χ4v) is 1.73. The number of hydrogen-bond donors (Lipinski definition) is 3. The van der Waals surface area contributed by atoms with E-state index in [0.29, 0.717) is 0 Å². The number of ether oxygens (including phenoxy) is 1. The van der Waals surface area contributed by atoms with Crippen molar-refractivity contribution >= 4 is 17.8 Å². The van der Waals surface area contributed by atoms with Gasteiger partial charge in [-0.05, 0) is 0 Å². The zero-order valence-corrected chi connectivity index (χ0v) is 8.75. The summed E-state index contributed by atoms with van der Waals surface area (Å²) >= 11 is 0. The predicted molar refractivity (Wildman–Crippen MR) is 53.0 cm³/mol. The van der Waals surface area contributed by atoms with Gasteiger partial charge in [0.1, 0.15) is 5.76 Å². The summed E-state index contributed by atoms with van der Waals surface area (Å²) < 4.78 is 5.23. The van der Waals surface area contributed by atoms with E-state index in [2.05, 4.69) is 5.32 Å². The van der Waals surface area contributed by atoms with Crippen LogP contribution in [0.25, 0.3) is 0 Å². The molecule has 92 valence electrons. The first-order chi connectivity index (χ1) is 8.04. The molecule has 2 amide bonds. The Labute approximate surface area is 96.0 Å². The summed E-state index contributed by atoms with van der Waals surface area (Å²) in [6, 6.07) is -1.17. The summed E-state index contributed by atoms with van der Waals surface area (Å²) in [5, 5.41) is 11.3. The summed E-state index contributed by atoms with van der Waals surface area (Å²) in [7, 11) is 0. The van der Waals surface area contributed by atoms with Crippen LogP contribution in [0.3, 0.4) is 0 Å². The molecule has 0 aromatic heterocycles. The molecular weight excluding hydrogens is 230 g/mol. The van der Waals surface area contributed by atoms with E-state index in [4.69, 9.17) is 15.6 Å². The van der Waals surface area contributed by atoms with Crippen LogP contribution in [0.5, 0.6) is 0 Å². The van der Waals surface area contributed by atoms with Crippen LogP contribution in [0.2, 0.25) is 0 Å². The minimum atomic E-state index is -1.20. The maximum Gasteiger partial charge on any atom is 0.334 e. The Bertz CT molecular complexity index is 419. The number of carboxylic acid groups (broad SMARTS) is 1. The molecule has 2 atom stereocenters. The third kappa shape index (κ3) is 1.82. The van der Waals surface area contributed by atoms with E-state index >= 15 is 0 Å². The highest BCUT2D eigenvalue weighted by molar-refractivity contribution is 5.91. The van der Waals surface area contributed by atoms with Crippen LogP contribution >= 0.6 is 0 Å². The van der Waals surface area contributed by atoms with Gasteiger partial charge < -0.3 is 20.9 Å². The fourth-order valence-electron chi connectivity index (χ4n) is 1.73. The van der Waals surface area contributed by atoms with Gasteiger partial charge in [0.15, 0.2) is 12.3 Å². The molecule has 8 nitrogen and oxygen atoms in total. The molecule has 0 aromatic carbocycles. The van der Waals surface area contributed by atoms with Gasteiger partial charge in [0.2, 0.25) is 11.8 Å². The van der Waals surface area contributed by atoms with Crippen molar-refractivity contribution in [2.75, 3.05) is 6.54 Å². The number of amides is 2. The molecule has 17 heavy (non-hydrogen) atoms. The largest absolute Gasteiger partial charge is 0.479 e. The van der Waals surface area contributed by atoms with Gasteiger partial charge in [0.05, 0.1) is 13.0 Å². The maximum atomic E-state index is 11.2. The van der Waals surface area contributed by atoms with E-state index in [-0.39, 0.29) is 24.6 Å². The van der Waals surface area contributed by atoms with E-state index in [9.17, 15) is 14.4 Å². The lowest BCUT2D eigenvalue weighted by Crippen LogP contribution is -2.54. The quantitative estimate of drug-likeness (QED) is 0.488. The van der Waals surface area contributed by atoms with E-state index in [0.717, 1.165) is 11.1 Å². The fraction of sp³-hybridized carbons (Fsp3) is 0.444. The minimum Gasteiger partial charge on any atom is -0.479 e. The van der Waals surface area contributed by atoms with Crippen LogP contribution < -0.4 is 11.1 Å². The number of carbonyl (C=O) groups excluding carboxylic acids is 2. The lowest BCUT2D eigenvalue weighted by Gasteiger charge is -2.33. The van der Waals surface area contributed by atoms with Gasteiger partial charge in [0.25, 0.3) is 0 Å². The number of hydrogen-bond acceptors (Lipinski definition) is 5. The normalized spacial score (nSPS) is 28.4. The number of nitrogens with one attached hydrogen (secondary N) is 1. The molecule has 0 radical (unpaired) electrons. The lowest BCUT2D eigenvalue weighted by atomic mass is 10.1. The number of aliphatic carboxylic acids is 1. The van der Waals surface area contributed by atoms with Crippen molar-refractivity contribution in [1.29, 1.82) is 0 Å². The van der Waals surface area contributed by atoms with Crippen LogP contribution in [0, 0.1) is 0 Å². The lowest BCUT2D eigenvalue weighted by molar-refractivity contribution is -0.163. The van der Waals surface area contributed by atoms with E-state index in [1.54, 1.807) is 0 Å². The first kappa shape index (κ1) is 11.4. The van der Waals surface area contributed by atoms with Gasteiger partial charge in [0, 0.05) is 6.20 Å². The Hall–Kier alpha value is -2.09. The number of nitrogens with two attached hydrogens (primary N) is 1. The van der Waals surface area contributed by atoms with Crippen LogP contribution in [0.4, 0.5) is 0 Å². The second-order valence-electron chi connectivity index (χ2n) is 3.64. The Morgan fingerprint density at radius 1 is 1.65 bits per heavy atom. The highest BCUT2D eigenvalue weighted by atomic mass is 16.5. The van der Waals surface area contributed by atoms with Crippen LogP contribution in [-0.2, 0) is 19.1 Å². The first-order valence-corrected chi connectivity index (χ1v) is 4.94. The number of carboxylic acids is 1. The van der Waals surface area contributed by atoms with Gasteiger partial charge >= 0.3 is 5.97 Å². The van der Waals surface area contributed by atoms with Gasteiger partial charge in [-0.3, -0.25) is 14.5 Å². The molecule has 2 saturated heterocycles. The molecule has 2 rings (SSSR count).